The summed E-state index contributed by atoms with van der Waals surface area (Å²) in [6, 6.07) is 11.9. The number of carbonyl (C=O) groups excluding carboxylic acids is 1. The zero-order chi connectivity index (χ0) is 20.9. The smallest absolute Gasteiger partial charge is 0.262 e. The van der Waals surface area contributed by atoms with Crippen molar-refractivity contribution in [1.82, 2.24) is 4.31 Å². The highest BCUT2D eigenvalue weighted by atomic mass is 35.5. The molecule has 0 radical (unpaired) electrons. The van der Waals surface area contributed by atoms with Crippen LogP contribution in [-0.2, 0) is 21.2 Å². The van der Waals surface area contributed by atoms with E-state index in [0.29, 0.717) is 18.8 Å². The van der Waals surface area contributed by atoms with Crippen molar-refractivity contribution < 1.29 is 17.9 Å². The van der Waals surface area contributed by atoms with Crippen molar-refractivity contribution in [2.75, 3.05) is 25.0 Å². The summed E-state index contributed by atoms with van der Waals surface area (Å²) in [5, 5.41) is 2.91. The number of benzene rings is 2. The first kappa shape index (κ1) is 21.6. The van der Waals surface area contributed by atoms with E-state index in [9.17, 15) is 13.2 Å². The molecule has 0 spiro atoms. The molecule has 1 aliphatic rings. The summed E-state index contributed by atoms with van der Waals surface area (Å²) in [4.78, 5) is 12.2. The predicted octanol–water partition coefficient (Wildman–Crippen LogP) is 4.09. The molecule has 0 saturated carbocycles. The minimum atomic E-state index is -3.57. The number of rotatable bonds is 7. The first-order valence-corrected chi connectivity index (χ1v) is 11.5. The molecule has 0 atom stereocenters. The number of piperidine rings is 1. The summed E-state index contributed by atoms with van der Waals surface area (Å²) in [5.41, 5.74) is 1.87. The molecule has 1 saturated heterocycles. The second-order valence-corrected chi connectivity index (χ2v) is 9.29. The quantitative estimate of drug-likeness (QED) is 0.709. The number of nitrogens with zero attached hydrogens (tertiary/aromatic N) is 1. The van der Waals surface area contributed by atoms with Crippen molar-refractivity contribution in [2.24, 2.45) is 0 Å². The molecule has 0 aliphatic carbocycles. The molecule has 3 rings (SSSR count). The first-order chi connectivity index (χ1) is 13.9. The van der Waals surface area contributed by atoms with Crippen LogP contribution in [0.3, 0.4) is 0 Å². The molecule has 0 aromatic heterocycles. The Bertz CT molecular complexity index is 955. The lowest BCUT2D eigenvalue weighted by Gasteiger charge is -2.26. The van der Waals surface area contributed by atoms with Crippen molar-refractivity contribution in [3.8, 4) is 5.75 Å². The third-order valence-electron chi connectivity index (χ3n) is 4.86. The Morgan fingerprint density at radius 1 is 1.10 bits per heavy atom. The fraction of sp³-hybridized carbons (Fsp3) is 0.381. The van der Waals surface area contributed by atoms with Crippen molar-refractivity contribution in [2.45, 2.75) is 37.5 Å². The van der Waals surface area contributed by atoms with Gasteiger partial charge in [-0.3, -0.25) is 4.79 Å². The van der Waals surface area contributed by atoms with Crippen LogP contribution in [0.1, 0.15) is 31.7 Å². The number of nitrogens with one attached hydrogen (secondary N) is 1. The summed E-state index contributed by atoms with van der Waals surface area (Å²) in [7, 11) is -3.57. The summed E-state index contributed by atoms with van der Waals surface area (Å²) < 4.78 is 32.4. The first-order valence-electron chi connectivity index (χ1n) is 9.71. The molecule has 1 amide bonds. The van der Waals surface area contributed by atoms with Gasteiger partial charge in [0.25, 0.3) is 5.91 Å². The van der Waals surface area contributed by atoms with Gasteiger partial charge in [0, 0.05) is 18.8 Å². The van der Waals surface area contributed by atoms with Gasteiger partial charge in [0.05, 0.1) is 9.92 Å². The van der Waals surface area contributed by atoms with E-state index >= 15 is 0 Å². The maximum atomic E-state index is 12.7. The van der Waals surface area contributed by atoms with Crippen LogP contribution in [0, 0.1) is 0 Å². The van der Waals surface area contributed by atoms with Crippen LogP contribution in [0.25, 0.3) is 0 Å². The number of carbonyl (C=O) groups is 1. The Hall–Kier alpha value is -2.09. The van der Waals surface area contributed by atoms with E-state index in [2.05, 4.69) is 12.2 Å². The minimum Gasteiger partial charge on any atom is -0.482 e. The van der Waals surface area contributed by atoms with Crippen LogP contribution in [0.4, 0.5) is 5.69 Å². The van der Waals surface area contributed by atoms with Gasteiger partial charge >= 0.3 is 0 Å². The van der Waals surface area contributed by atoms with Crippen LogP contribution in [-0.4, -0.2) is 38.3 Å². The van der Waals surface area contributed by atoms with Crippen LogP contribution >= 0.6 is 11.6 Å². The number of hydrogen-bond acceptors (Lipinski definition) is 4. The van der Waals surface area contributed by atoms with Gasteiger partial charge in [-0.2, -0.15) is 4.31 Å². The summed E-state index contributed by atoms with van der Waals surface area (Å²) in [6.07, 6.45) is 3.71. The molecule has 1 aliphatic heterocycles. The standard InChI is InChI=1S/C21H25ClN2O4S/c1-2-16-6-8-17(9-7-16)23-21(25)15-28-20-11-10-18(14-19(20)22)29(26,27)24-12-4-3-5-13-24/h6-11,14H,2-5,12-13,15H2,1H3,(H,23,25). The van der Waals surface area contributed by atoms with E-state index < -0.39 is 10.0 Å². The molecular weight excluding hydrogens is 412 g/mol. The van der Waals surface area contributed by atoms with E-state index in [1.165, 1.54) is 28.1 Å². The second-order valence-electron chi connectivity index (χ2n) is 6.94. The van der Waals surface area contributed by atoms with E-state index in [-0.39, 0.29) is 28.2 Å². The molecule has 1 heterocycles. The van der Waals surface area contributed by atoms with Gasteiger partial charge in [-0.15, -0.1) is 0 Å². The van der Waals surface area contributed by atoms with Crippen molar-refractivity contribution in [3.05, 3.63) is 53.1 Å². The number of halogens is 1. The Labute approximate surface area is 176 Å². The molecule has 2 aromatic rings. The van der Waals surface area contributed by atoms with E-state index in [0.717, 1.165) is 25.7 Å². The highest BCUT2D eigenvalue weighted by Crippen LogP contribution is 2.29. The summed E-state index contributed by atoms with van der Waals surface area (Å²) in [6.45, 7) is 2.89. The highest BCUT2D eigenvalue weighted by molar-refractivity contribution is 7.89. The maximum absolute atomic E-state index is 12.7. The van der Waals surface area contributed by atoms with Crippen LogP contribution in [0.2, 0.25) is 5.02 Å². The molecule has 0 bridgehead atoms. The highest BCUT2D eigenvalue weighted by Gasteiger charge is 2.26. The molecule has 6 nitrogen and oxygen atoms in total. The maximum Gasteiger partial charge on any atom is 0.262 e. The lowest BCUT2D eigenvalue weighted by atomic mass is 10.1. The van der Waals surface area contributed by atoms with Gasteiger partial charge in [-0.1, -0.05) is 37.1 Å². The number of anilines is 1. The normalized spacial score (nSPS) is 15.1. The predicted molar refractivity (Wildman–Crippen MR) is 114 cm³/mol. The summed E-state index contributed by atoms with van der Waals surface area (Å²) >= 11 is 6.21. The van der Waals surface area contributed by atoms with Gasteiger partial charge in [-0.25, -0.2) is 8.42 Å². The molecule has 8 heteroatoms. The van der Waals surface area contributed by atoms with Crippen molar-refractivity contribution in [1.29, 1.82) is 0 Å². The second kappa shape index (κ2) is 9.61. The molecule has 2 aromatic carbocycles. The zero-order valence-corrected chi connectivity index (χ0v) is 17.9. The molecule has 156 valence electrons. The zero-order valence-electron chi connectivity index (χ0n) is 16.4. The lowest BCUT2D eigenvalue weighted by Crippen LogP contribution is -2.35. The summed E-state index contributed by atoms with van der Waals surface area (Å²) in [5.74, 6) is -0.0592. The lowest BCUT2D eigenvalue weighted by molar-refractivity contribution is -0.118. The fourth-order valence-corrected chi connectivity index (χ4v) is 5.02. The number of ether oxygens (including phenoxy) is 1. The molecular formula is C21H25ClN2O4S. The Kier molecular flexibility index (Phi) is 7.16. The number of hydrogen-bond donors (Lipinski definition) is 1. The molecule has 29 heavy (non-hydrogen) atoms. The average Bonchev–Trinajstić information content (AvgIpc) is 2.74. The Morgan fingerprint density at radius 2 is 1.79 bits per heavy atom. The largest absolute Gasteiger partial charge is 0.482 e. The van der Waals surface area contributed by atoms with Crippen LogP contribution in [0.5, 0.6) is 5.75 Å². The van der Waals surface area contributed by atoms with E-state index in [4.69, 9.17) is 16.3 Å². The molecule has 0 unspecified atom stereocenters. The van der Waals surface area contributed by atoms with E-state index in [1.54, 1.807) is 0 Å². The van der Waals surface area contributed by atoms with Gasteiger partial charge in [0.2, 0.25) is 10.0 Å². The average molecular weight is 437 g/mol. The Balaban J connectivity index is 1.60. The SMILES string of the molecule is CCc1ccc(NC(=O)COc2ccc(S(=O)(=O)N3CCCCC3)cc2Cl)cc1. The molecule has 1 fully saturated rings. The number of amides is 1. The van der Waals surface area contributed by atoms with Crippen LogP contribution in [0.15, 0.2) is 47.4 Å². The monoisotopic (exact) mass is 436 g/mol. The van der Waals surface area contributed by atoms with Gasteiger partial charge < -0.3 is 10.1 Å². The Morgan fingerprint density at radius 3 is 2.41 bits per heavy atom. The number of aryl methyl sites for hydroxylation is 1. The topological polar surface area (TPSA) is 75.7 Å². The van der Waals surface area contributed by atoms with Crippen molar-refractivity contribution >= 4 is 33.2 Å². The van der Waals surface area contributed by atoms with Gasteiger partial charge in [-0.05, 0) is 55.2 Å². The van der Waals surface area contributed by atoms with Crippen LogP contribution < -0.4 is 10.1 Å². The molecule has 1 N–H and O–H groups in total. The van der Waals surface area contributed by atoms with Crippen molar-refractivity contribution in [3.63, 3.8) is 0 Å². The van der Waals surface area contributed by atoms with Gasteiger partial charge in [0.15, 0.2) is 6.61 Å². The third kappa shape index (κ3) is 5.50. The van der Waals surface area contributed by atoms with E-state index in [1.807, 2.05) is 24.3 Å². The number of sulfonamides is 1. The fourth-order valence-electron chi connectivity index (χ4n) is 3.18. The van der Waals surface area contributed by atoms with Gasteiger partial charge in [0.1, 0.15) is 5.75 Å². The minimum absolute atomic E-state index is 0.136. The third-order valence-corrected chi connectivity index (χ3v) is 7.05.